The highest BCUT2D eigenvalue weighted by Gasteiger charge is 2.34. The van der Waals surface area contributed by atoms with E-state index >= 15 is 0 Å². The van der Waals surface area contributed by atoms with Gasteiger partial charge in [0.2, 0.25) is 5.91 Å². The number of unbranched alkanes of at least 4 members (excludes halogenated alkanes) is 3. The number of nitrogens with one attached hydrogen (secondary N) is 1. The van der Waals surface area contributed by atoms with Crippen molar-refractivity contribution < 1.29 is 14.3 Å². The summed E-state index contributed by atoms with van der Waals surface area (Å²) in [7, 11) is 0. The number of likely N-dealkylation sites (tertiary alicyclic amines) is 1. The first-order chi connectivity index (χ1) is 15.3. The average Bonchev–Trinajstić information content (AvgIpc) is 2.77. The van der Waals surface area contributed by atoms with E-state index in [9.17, 15) is 19.2 Å². The van der Waals surface area contributed by atoms with E-state index in [1.54, 1.807) is 6.92 Å². The summed E-state index contributed by atoms with van der Waals surface area (Å²) in [5.74, 6) is -0.715. The molecule has 1 aliphatic heterocycles. The zero-order valence-electron chi connectivity index (χ0n) is 19.5. The van der Waals surface area contributed by atoms with Gasteiger partial charge in [-0.2, -0.15) is 0 Å². The number of anilines is 2. The third kappa shape index (κ3) is 6.14. The van der Waals surface area contributed by atoms with Gasteiger partial charge >= 0.3 is 11.8 Å². The molecule has 180 valence electrons. The van der Waals surface area contributed by atoms with Crippen LogP contribution in [-0.2, 0) is 16.1 Å². The highest BCUT2D eigenvalue weighted by molar-refractivity contribution is 5.97. The smallest absolute Gasteiger partial charge is 0.409 e. The third-order valence-corrected chi connectivity index (χ3v) is 5.77. The summed E-state index contributed by atoms with van der Waals surface area (Å²) in [5.41, 5.74) is 5.06. The van der Waals surface area contributed by atoms with Crippen LogP contribution in [0.4, 0.5) is 16.3 Å². The first-order valence-corrected chi connectivity index (χ1v) is 11.7. The molecule has 1 unspecified atom stereocenters. The fourth-order valence-electron chi connectivity index (χ4n) is 4.01. The number of hydrogen-bond donors (Lipinski definition) is 2. The number of nitrogen functional groups attached to an aromatic ring is 1. The van der Waals surface area contributed by atoms with E-state index in [1.165, 1.54) is 14.4 Å². The molecule has 1 saturated heterocycles. The molecule has 2 heterocycles. The Morgan fingerprint density at radius 3 is 2.53 bits per heavy atom. The predicted molar refractivity (Wildman–Crippen MR) is 124 cm³/mol. The quantitative estimate of drug-likeness (QED) is 0.525. The molecule has 1 aliphatic rings. The second-order valence-electron chi connectivity index (χ2n) is 8.18. The fraction of sp³-hybridized carbons (Fsp3) is 0.727. The highest BCUT2D eigenvalue weighted by Crippen LogP contribution is 2.25. The van der Waals surface area contributed by atoms with Crippen molar-refractivity contribution in [2.75, 3.05) is 36.9 Å². The van der Waals surface area contributed by atoms with E-state index in [-0.39, 0.29) is 30.6 Å². The van der Waals surface area contributed by atoms with Crippen molar-refractivity contribution in [3.05, 3.63) is 20.8 Å². The summed E-state index contributed by atoms with van der Waals surface area (Å²) in [6.45, 7) is 7.50. The van der Waals surface area contributed by atoms with E-state index in [0.717, 1.165) is 25.7 Å². The molecule has 0 aliphatic carbocycles. The lowest BCUT2D eigenvalue weighted by Gasteiger charge is -2.34. The number of nitrogens with zero attached hydrogens (tertiary/aromatic N) is 3. The summed E-state index contributed by atoms with van der Waals surface area (Å²) < 4.78 is 6.41. The van der Waals surface area contributed by atoms with Gasteiger partial charge < -0.3 is 20.3 Å². The van der Waals surface area contributed by atoms with Gasteiger partial charge in [-0.1, -0.05) is 33.1 Å². The summed E-state index contributed by atoms with van der Waals surface area (Å²) in [5, 5.41) is 0. The molecule has 1 aromatic heterocycles. The molecule has 1 atom stereocenters. The Labute approximate surface area is 188 Å². The molecule has 10 heteroatoms. The first-order valence-electron chi connectivity index (χ1n) is 11.7. The molecule has 0 saturated carbocycles. The summed E-state index contributed by atoms with van der Waals surface area (Å²) in [6, 6.07) is 0. The predicted octanol–water partition coefficient (Wildman–Crippen LogP) is 2.31. The van der Waals surface area contributed by atoms with Crippen LogP contribution in [0.25, 0.3) is 0 Å². The SMILES string of the molecule is CCCCCN(C(=O)C1CCCN(C(=O)OCC)C1)c1c(N)n(CCCC)c(=O)[nH]c1=O. The van der Waals surface area contributed by atoms with Crippen molar-refractivity contribution in [1.82, 2.24) is 14.5 Å². The van der Waals surface area contributed by atoms with Crippen LogP contribution in [0.5, 0.6) is 0 Å². The Morgan fingerprint density at radius 2 is 1.88 bits per heavy atom. The van der Waals surface area contributed by atoms with E-state index < -0.39 is 23.3 Å². The van der Waals surface area contributed by atoms with Gasteiger partial charge in [0.1, 0.15) is 5.82 Å². The number of rotatable bonds is 10. The van der Waals surface area contributed by atoms with E-state index in [2.05, 4.69) is 11.9 Å². The average molecular weight is 452 g/mol. The van der Waals surface area contributed by atoms with Crippen LogP contribution in [0, 0.1) is 5.92 Å². The number of aromatic amines is 1. The number of hydrogen-bond acceptors (Lipinski definition) is 6. The Bertz CT molecular complexity index is 894. The van der Waals surface area contributed by atoms with Crippen LogP contribution in [0.3, 0.4) is 0 Å². The molecule has 3 N–H and O–H groups in total. The van der Waals surface area contributed by atoms with Gasteiger partial charge in [-0.25, -0.2) is 9.59 Å². The number of carbonyl (C=O) groups is 2. The fourth-order valence-corrected chi connectivity index (χ4v) is 4.01. The van der Waals surface area contributed by atoms with Gasteiger partial charge in [-0.05, 0) is 32.6 Å². The van der Waals surface area contributed by atoms with Gasteiger partial charge in [0.25, 0.3) is 5.56 Å². The Balaban J connectivity index is 2.39. The van der Waals surface area contributed by atoms with E-state index in [0.29, 0.717) is 38.9 Å². The molecule has 2 amide bonds. The highest BCUT2D eigenvalue weighted by atomic mass is 16.6. The maximum absolute atomic E-state index is 13.6. The summed E-state index contributed by atoms with van der Waals surface area (Å²) >= 11 is 0. The maximum atomic E-state index is 13.6. The monoisotopic (exact) mass is 451 g/mol. The van der Waals surface area contributed by atoms with Crippen LogP contribution in [-0.4, -0.2) is 52.7 Å². The van der Waals surface area contributed by atoms with E-state index in [1.807, 2.05) is 6.92 Å². The topological polar surface area (TPSA) is 131 Å². The van der Waals surface area contributed by atoms with Crippen LogP contribution < -0.4 is 21.9 Å². The number of H-pyrrole nitrogens is 1. The lowest BCUT2D eigenvalue weighted by molar-refractivity contribution is -0.123. The number of nitrogens with two attached hydrogens (primary N) is 1. The van der Waals surface area contributed by atoms with E-state index in [4.69, 9.17) is 10.5 Å². The molecule has 10 nitrogen and oxygen atoms in total. The van der Waals surface area contributed by atoms with Crippen LogP contribution in [0.15, 0.2) is 9.59 Å². The Kier molecular flexibility index (Phi) is 9.80. The van der Waals surface area contributed by atoms with Gasteiger partial charge in [0, 0.05) is 26.2 Å². The van der Waals surface area contributed by atoms with Crippen molar-refractivity contribution in [2.24, 2.45) is 5.92 Å². The minimum Gasteiger partial charge on any atom is -0.450 e. The Hall–Kier alpha value is -2.78. The molecule has 1 fully saturated rings. The number of piperidine rings is 1. The summed E-state index contributed by atoms with van der Waals surface area (Å²) in [6.07, 6.45) is 4.94. The zero-order chi connectivity index (χ0) is 23.7. The van der Waals surface area contributed by atoms with Gasteiger partial charge in [0.15, 0.2) is 5.69 Å². The number of amides is 2. The molecule has 0 aromatic carbocycles. The van der Waals surface area contributed by atoms with Gasteiger partial charge in [0.05, 0.1) is 12.5 Å². The summed E-state index contributed by atoms with van der Waals surface area (Å²) in [4.78, 5) is 56.1. The number of aromatic nitrogens is 2. The number of carbonyl (C=O) groups excluding carboxylic acids is 2. The second kappa shape index (κ2) is 12.3. The number of ether oxygens (including phenoxy) is 1. The van der Waals surface area contributed by atoms with Crippen LogP contribution >= 0.6 is 0 Å². The van der Waals surface area contributed by atoms with Crippen molar-refractivity contribution in [1.29, 1.82) is 0 Å². The van der Waals surface area contributed by atoms with Gasteiger partial charge in [-0.15, -0.1) is 0 Å². The molecule has 0 spiro atoms. The minimum atomic E-state index is -0.664. The van der Waals surface area contributed by atoms with Crippen molar-refractivity contribution in [3.63, 3.8) is 0 Å². The lowest BCUT2D eigenvalue weighted by Crippen LogP contribution is -2.49. The van der Waals surface area contributed by atoms with Crippen molar-refractivity contribution >= 4 is 23.5 Å². The molecule has 0 radical (unpaired) electrons. The lowest BCUT2D eigenvalue weighted by atomic mass is 9.96. The van der Waals surface area contributed by atoms with Gasteiger partial charge in [-0.3, -0.25) is 19.1 Å². The molecular formula is C22H37N5O5. The third-order valence-electron chi connectivity index (χ3n) is 5.77. The van der Waals surface area contributed by atoms with Crippen molar-refractivity contribution in [2.45, 2.75) is 72.3 Å². The van der Waals surface area contributed by atoms with Crippen LogP contribution in [0.1, 0.15) is 65.7 Å². The minimum absolute atomic E-state index is 0.00936. The largest absolute Gasteiger partial charge is 0.450 e. The molecule has 1 aromatic rings. The second-order valence-corrected chi connectivity index (χ2v) is 8.18. The maximum Gasteiger partial charge on any atom is 0.409 e. The Morgan fingerprint density at radius 1 is 1.16 bits per heavy atom. The first kappa shape index (κ1) is 25.5. The zero-order valence-corrected chi connectivity index (χ0v) is 19.5. The molecule has 0 bridgehead atoms. The van der Waals surface area contributed by atoms with Crippen LogP contribution in [0.2, 0.25) is 0 Å². The molecule has 2 rings (SSSR count). The normalized spacial score (nSPS) is 16.1. The molecule has 32 heavy (non-hydrogen) atoms. The van der Waals surface area contributed by atoms with Crippen molar-refractivity contribution in [3.8, 4) is 0 Å². The molecular weight excluding hydrogens is 414 g/mol. The standard InChI is InChI=1S/C22H37N5O5/c1-4-7-9-14-26(17-18(23)27(13-8-5-2)21(30)24-19(17)28)20(29)16-11-10-12-25(15-16)22(31)32-6-3/h16H,4-15,23H2,1-3H3,(H,24,28,30).